The number of rotatable bonds is 2. The van der Waals surface area contributed by atoms with Crippen LogP contribution in [0.15, 0.2) is 54.9 Å². The van der Waals surface area contributed by atoms with E-state index in [4.69, 9.17) is 9.72 Å². The number of hydrogen-bond donors (Lipinski definition) is 1. The van der Waals surface area contributed by atoms with Crippen molar-refractivity contribution in [3.8, 4) is 5.75 Å². The molecule has 0 aliphatic carbocycles. The Morgan fingerprint density at radius 1 is 1.08 bits per heavy atom. The van der Waals surface area contributed by atoms with Crippen LogP contribution in [0, 0.1) is 5.92 Å². The molecule has 26 heavy (non-hydrogen) atoms. The lowest BCUT2D eigenvalue weighted by atomic mass is 9.98. The minimum Gasteiger partial charge on any atom is -0.424 e. The molecule has 4 heterocycles. The molecule has 1 N–H and O–H groups in total. The van der Waals surface area contributed by atoms with Gasteiger partial charge in [0.25, 0.3) is 0 Å². The molecular weight excluding hydrogens is 326 g/mol. The molecule has 0 unspecified atom stereocenters. The highest BCUT2D eigenvalue weighted by Crippen LogP contribution is 2.30. The van der Waals surface area contributed by atoms with Gasteiger partial charge in [-0.15, -0.1) is 0 Å². The van der Waals surface area contributed by atoms with Crippen molar-refractivity contribution in [2.24, 2.45) is 5.92 Å². The van der Waals surface area contributed by atoms with E-state index in [0.29, 0.717) is 5.75 Å². The number of nitrogens with zero attached hydrogens (tertiary/aromatic N) is 2. The molecule has 0 radical (unpaired) electrons. The molecule has 0 amide bonds. The van der Waals surface area contributed by atoms with E-state index >= 15 is 0 Å². The van der Waals surface area contributed by atoms with E-state index < -0.39 is 0 Å². The maximum atomic E-state index is 12.6. The van der Waals surface area contributed by atoms with Crippen LogP contribution in [0.5, 0.6) is 5.75 Å². The van der Waals surface area contributed by atoms with E-state index in [9.17, 15) is 4.79 Å². The van der Waals surface area contributed by atoms with Crippen molar-refractivity contribution >= 4 is 33.3 Å². The van der Waals surface area contributed by atoms with Crippen LogP contribution < -0.4 is 10.1 Å². The van der Waals surface area contributed by atoms with Gasteiger partial charge in [-0.2, -0.15) is 0 Å². The van der Waals surface area contributed by atoms with E-state index in [-0.39, 0.29) is 11.9 Å². The van der Waals surface area contributed by atoms with Gasteiger partial charge in [-0.25, -0.2) is 4.98 Å². The van der Waals surface area contributed by atoms with Crippen molar-refractivity contribution in [2.75, 3.05) is 13.1 Å². The van der Waals surface area contributed by atoms with Crippen LogP contribution in [0.4, 0.5) is 0 Å². The number of carbonyl (C=O) groups excluding carboxylic acids is 1. The summed E-state index contributed by atoms with van der Waals surface area (Å²) in [6.07, 6.45) is 5.74. The fourth-order valence-electron chi connectivity index (χ4n) is 3.74. The minimum atomic E-state index is -0.150. The zero-order valence-electron chi connectivity index (χ0n) is 14.3. The predicted molar refractivity (Wildman–Crippen MR) is 101 cm³/mol. The van der Waals surface area contributed by atoms with Gasteiger partial charge in [-0.3, -0.25) is 4.79 Å². The van der Waals surface area contributed by atoms with Crippen molar-refractivity contribution in [2.45, 2.75) is 12.8 Å². The fraction of sp³-hybridized carbons (Fsp3) is 0.238. The van der Waals surface area contributed by atoms with Crippen molar-refractivity contribution < 1.29 is 9.53 Å². The molecule has 1 aliphatic heterocycles. The van der Waals surface area contributed by atoms with Gasteiger partial charge in [-0.05, 0) is 50.2 Å². The molecule has 0 bridgehead atoms. The Labute approximate surface area is 150 Å². The summed E-state index contributed by atoms with van der Waals surface area (Å²) in [5.41, 5.74) is 2.70. The first-order chi connectivity index (χ1) is 12.8. The molecular formula is C21H19N3O2. The van der Waals surface area contributed by atoms with Gasteiger partial charge in [0.05, 0.1) is 17.0 Å². The summed E-state index contributed by atoms with van der Waals surface area (Å²) in [6.45, 7) is 1.73. The van der Waals surface area contributed by atoms with Crippen LogP contribution in [-0.2, 0) is 4.79 Å². The highest BCUT2D eigenvalue weighted by Gasteiger charge is 2.23. The third-order valence-corrected chi connectivity index (χ3v) is 5.13. The lowest BCUT2D eigenvalue weighted by Crippen LogP contribution is -2.33. The quantitative estimate of drug-likeness (QED) is 0.446. The van der Waals surface area contributed by atoms with Crippen LogP contribution in [-0.4, -0.2) is 28.4 Å². The Hall–Kier alpha value is -2.92. The molecule has 1 fully saturated rings. The zero-order valence-corrected chi connectivity index (χ0v) is 14.3. The van der Waals surface area contributed by atoms with Gasteiger partial charge >= 0.3 is 5.97 Å². The highest BCUT2D eigenvalue weighted by atomic mass is 16.5. The first kappa shape index (κ1) is 15.3. The number of fused-ring (bicyclic) bond motifs is 4. The van der Waals surface area contributed by atoms with Gasteiger partial charge in [0.15, 0.2) is 5.75 Å². The highest BCUT2D eigenvalue weighted by molar-refractivity contribution is 6.02. The minimum absolute atomic E-state index is 0.0365. The second-order valence-corrected chi connectivity index (χ2v) is 6.82. The second-order valence-electron chi connectivity index (χ2n) is 6.82. The summed E-state index contributed by atoms with van der Waals surface area (Å²) in [7, 11) is 0. The SMILES string of the molecule is O=C(Oc1cccc2cc3cn4ccccc4c3nc12)C1CCNCC1. The van der Waals surface area contributed by atoms with E-state index in [1.807, 2.05) is 42.6 Å². The first-order valence-electron chi connectivity index (χ1n) is 9.01. The van der Waals surface area contributed by atoms with Gasteiger partial charge in [0, 0.05) is 23.2 Å². The number of hydrogen-bond acceptors (Lipinski definition) is 4. The van der Waals surface area contributed by atoms with Crippen LogP contribution in [0.2, 0.25) is 0 Å². The normalized spacial score (nSPS) is 15.7. The molecule has 5 rings (SSSR count). The maximum Gasteiger partial charge on any atom is 0.314 e. The largest absolute Gasteiger partial charge is 0.424 e. The number of piperidine rings is 1. The summed E-state index contributed by atoms with van der Waals surface area (Å²) < 4.78 is 7.84. The summed E-state index contributed by atoms with van der Waals surface area (Å²) in [6, 6.07) is 13.9. The molecule has 130 valence electrons. The van der Waals surface area contributed by atoms with Gasteiger partial charge in [0.2, 0.25) is 0 Å². The fourth-order valence-corrected chi connectivity index (χ4v) is 3.74. The third-order valence-electron chi connectivity index (χ3n) is 5.13. The smallest absolute Gasteiger partial charge is 0.314 e. The Morgan fingerprint density at radius 2 is 1.96 bits per heavy atom. The predicted octanol–water partition coefficient (Wildman–Crippen LogP) is 3.55. The number of pyridine rings is 2. The van der Waals surface area contributed by atoms with E-state index in [0.717, 1.165) is 53.3 Å². The number of aromatic nitrogens is 2. The molecule has 1 aromatic carbocycles. The molecule has 3 aromatic heterocycles. The maximum absolute atomic E-state index is 12.6. The van der Waals surface area contributed by atoms with E-state index in [1.165, 1.54) is 0 Å². The molecule has 0 spiro atoms. The van der Waals surface area contributed by atoms with Crippen molar-refractivity contribution in [1.29, 1.82) is 0 Å². The average Bonchev–Trinajstić information content (AvgIpc) is 3.05. The van der Waals surface area contributed by atoms with E-state index in [1.54, 1.807) is 0 Å². The number of benzene rings is 1. The van der Waals surface area contributed by atoms with Crippen LogP contribution in [0.1, 0.15) is 12.8 Å². The summed E-state index contributed by atoms with van der Waals surface area (Å²) in [4.78, 5) is 17.4. The number of para-hydroxylation sites is 1. The molecule has 0 atom stereocenters. The molecule has 1 aliphatic rings. The van der Waals surface area contributed by atoms with Gasteiger partial charge < -0.3 is 14.5 Å². The Kier molecular flexibility index (Phi) is 3.60. The molecule has 5 nitrogen and oxygen atoms in total. The van der Waals surface area contributed by atoms with E-state index in [2.05, 4.69) is 22.0 Å². The van der Waals surface area contributed by atoms with Crippen LogP contribution >= 0.6 is 0 Å². The monoisotopic (exact) mass is 345 g/mol. The number of nitrogens with one attached hydrogen (secondary N) is 1. The summed E-state index contributed by atoms with van der Waals surface area (Å²) in [5, 5.41) is 5.33. The van der Waals surface area contributed by atoms with Crippen LogP contribution in [0.25, 0.3) is 27.3 Å². The van der Waals surface area contributed by atoms with Crippen LogP contribution in [0.3, 0.4) is 0 Å². The first-order valence-corrected chi connectivity index (χ1v) is 9.01. The second kappa shape index (κ2) is 6.11. The number of ether oxygens (including phenoxy) is 1. The van der Waals surface area contributed by atoms with Gasteiger partial charge in [0.1, 0.15) is 5.52 Å². The molecule has 1 saturated heterocycles. The number of carbonyl (C=O) groups is 1. The summed E-state index contributed by atoms with van der Waals surface area (Å²) in [5.74, 6) is 0.358. The molecule has 5 heteroatoms. The molecule has 4 aromatic rings. The zero-order chi connectivity index (χ0) is 17.5. The lowest BCUT2D eigenvalue weighted by molar-refractivity contribution is -0.139. The number of esters is 1. The van der Waals surface area contributed by atoms with Gasteiger partial charge in [-0.1, -0.05) is 18.2 Å². The van der Waals surface area contributed by atoms with Crippen molar-refractivity contribution in [1.82, 2.24) is 14.7 Å². The Bertz CT molecular complexity index is 1130. The molecule has 0 saturated carbocycles. The van der Waals surface area contributed by atoms with Crippen molar-refractivity contribution in [3.63, 3.8) is 0 Å². The Balaban J connectivity index is 1.60. The van der Waals surface area contributed by atoms with Crippen molar-refractivity contribution in [3.05, 3.63) is 54.9 Å². The third kappa shape index (κ3) is 2.52. The Morgan fingerprint density at radius 3 is 2.85 bits per heavy atom. The average molecular weight is 345 g/mol. The standard InChI is InChI=1S/C21H19N3O2/c25-21(14-7-9-22-10-8-14)26-18-6-3-4-15-12-16-13-24-11-2-1-5-17(24)19(16)23-20(15)18/h1-6,11-14,22H,7-10H2. The lowest BCUT2D eigenvalue weighted by Gasteiger charge is -2.21. The topological polar surface area (TPSA) is 55.6 Å². The summed E-state index contributed by atoms with van der Waals surface area (Å²) >= 11 is 0.